The number of aryl methyl sites for hydroxylation is 2. The van der Waals surface area contributed by atoms with Crippen LogP contribution in [-0.2, 0) is 21.4 Å². The fraction of sp³-hybridized carbons (Fsp3) is 0.558. The summed E-state index contributed by atoms with van der Waals surface area (Å²) in [6, 6.07) is 38.2. The number of fused-ring (bicyclic) bond motifs is 4. The summed E-state index contributed by atoms with van der Waals surface area (Å²) < 4.78 is 13.6. The van der Waals surface area contributed by atoms with E-state index in [1.807, 2.05) is 45.3 Å². The van der Waals surface area contributed by atoms with Gasteiger partial charge in [-0.2, -0.15) is 15.0 Å². The van der Waals surface area contributed by atoms with Crippen molar-refractivity contribution in [3.8, 4) is 62.0 Å². The molecule has 0 radical (unpaired) electrons. The molecule has 2 fully saturated rings. The summed E-state index contributed by atoms with van der Waals surface area (Å²) in [7, 11) is 0. The van der Waals surface area contributed by atoms with Crippen molar-refractivity contribution < 1.29 is 28.7 Å². The normalized spacial score (nSPS) is 15.9. The van der Waals surface area contributed by atoms with Crippen LogP contribution in [0.1, 0.15) is 177 Å². The first-order valence-corrected chi connectivity index (χ1v) is 38.5. The fourth-order valence-corrected chi connectivity index (χ4v) is 19.5. The number of hydrogen-bond donors (Lipinski definition) is 2. The molecule has 0 amide bonds. The van der Waals surface area contributed by atoms with Crippen molar-refractivity contribution in [3.05, 3.63) is 119 Å². The summed E-state index contributed by atoms with van der Waals surface area (Å²) in [5, 5.41) is 30.8. The van der Waals surface area contributed by atoms with Gasteiger partial charge in [-0.25, -0.2) is 0 Å². The number of morpholine rings is 2. The van der Waals surface area contributed by atoms with E-state index in [1.165, 1.54) is 212 Å². The molecule has 2 aliphatic heterocycles. The van der Waals surface area contributed by atoms with Crippen LogP contribution in [0.25, 0.3) is 73.0 Å². The minimum Gasteiger partial charge on any atom is -0.391 e. The number of unbranched alkanes of at least 4 members (excludes halogenated alkanes) is 14. The first-order valence-electron chi connectivity index (χ1n) is 35.2. The Morgan fingerprint density at radius 2 is 0.880 bits per heavy atom. The molecule has 5 aromatic heterocycles. The van der Waals surface area contributed by atoms with Gasteiger partial charge in [0.15, 0.2) is 0 Å². The number of hydrogen-bond acceptors (Lipinski definition) is 10. The Kier molecular flexibility index (Phi) is 28.3. The molecule has 11 rings (SSSR count). The van der Waals surface area contributed by atoms with Gasteiger partial charge in [0, 0.05) is 50.0 Å². The summed E-state index contributed by atoms with van der Waals surface area (Å²) in [4.78, 5) is 12.6. The van der Waals surface area contributed by atoms with Crippen molar-refractivity contribution in [1.82, 2.24) is 15.0 Å². The minimum absolute atomic E-state index is 0. The molecule has 1 atom stereocenters. The van der Waals surface area contributed by atoms with Gasteiger partial charge in [0.25, 0.3) is 0 Å². The van der Waals surface area contributed by atoms with Gasteiger partial charge in [0.1, 0.15) is 50.3 Å². The van der Waals surface area contributed by atoms with Crippen LogP contribution < -0.4 is 0 Å². The molecular formula is C77H107Br2N5O4S4+2. The Hall–Kier alpha value is -3.42. The van der Waals surface area contributed by atoms with Gasteiger partial charge in [-0.1, -0.05) is 140 Å². The van der Waals surface area contributed by atoms with Crippen LogP contribution in [0.2, 0.25) is 0 Å². The van der Waals surface area contributed by atoms with E-state index in [0.717, 1.165) is 118 Å². The highest BCUT2D eigenvalue weighted by molar-refractivity contribution is 8.93. The molecule has 3 aliphatic rings. The van der Waals surface area contributed by atoms with E-state index in [0.29, 0.717) is 5.92 Å². The van der Waals surface area contributed by atoms with E-state index < -0.39 is 0 Å². The lowest BCUT2D eigenvalue weighted by Crippen LogP contribution is -2.56. The van der Waals surface area contributed by atoms with Crippen LogP contribution in [0.4, 0.5) is 0 Å². The predicted octanol–water partition coefficient (Wildman–Crippen LogP) is 21.0. The van der Waals surface area contributed by atoms with Crippen LogP contribution in [-0.4, -0.2) is 126 Å². The molecule has 2 saturated heterocycles. The second-order valence-electron chi connectivity index (χ2n) is 27.1. The van der Waals surface area contributed by atoms with E-state index in [4.69, 9.17) is 19.7 Å². The van der Waals surface area contributed by atoms with Crippen LogP contribution in [0.5, 0.6) is 0 Å². The lowest BCUT2D eigenvalue weighted by atomic mass is 9.70. The number of ether oxygens (including phenoxy) is 2. The molecule has 0 bridgehead atoms. The van der Waals surface area contributed by atoms with Crippen molar-refractivity contribution in [1.29, 1.82) is 0 Å². The molecule has 500 valence electrons. The number of quaternary nitrogens is 2. The summed E-state index contributed by atoms with van der Waals surface area (Å²) in [6.45, 7) is 21.6. The van der Waals surface area contributed by atoms with Crippen molar-refractivity contribution in [2.75, 3.05) is 92.0 Å². The zero-order valence-corrected chi connectivity index (χ0v) is 62.6. The summed E-state index contributed by atoms with van der Waals surface area (Å²) >= 11 is 7.64. The van der Waals surface area contributed by atoms with Gasteiger partial charge >= 0.3 is 0 Å². The highest BCUT2D eigenvalue weighted by Crippen LogP contribution is 2.57. The lowest BCUT2D eigenvalue weighted by molar-refractivity contribution is -0.935. The topological polar surface area (TPSA) is 89.6 Å². The van der Waals surface area contributed by atoms with Crippen molar-refractivity contribution in [3.63, 3.8) is 0 Å². The number of aromatic nitrogens is 3. The third-order valence-electron chi connectivity index (χ3n) is 20.8. The number of nitrogens with zero attached hydrogens (tertiary/aromatic N) is 5. The van der Waals surface area contributed by atoms with Crippen molar-refractivity contribution >= 4 is 90.3 Å². The zero-order chi connectivity index (χ0) is 62.2. The molecular weight excluding hydrogens is 1350 g/mol. The number of aliphatic hydroxyl groups excluding tert-OH is 2. The maximum Gasteiger partial charge on any atom is 0.122 e. The maximum atomic E-state index is 10.1. The average Bonchev–Trinajstić information content (AvgIpc) is 1.58. The third kappa shape index (κ3) is 18.0. The second-order valence-corrected chi connectivity index (χ2v) is 31.7. The highest BCUT2D eigenvalue weighted by atomic mass is 79.9. The molecule has 8 aromatic rings. The smallest absolute Gasteiger partial charge is 0.122 e. The van der Waals surface area contributed by atoms with Crippen molar-refractivity contribution in [2.24, 2.45) is 5.92 Å². The van der Waals surface area contributed by atoms with Gasteiger partial charge in [-0.05, 0) is 171 Å². The average molecular weight is 1450 g/mol. The Bertz CT molecular complexity index is 3460. The Morgan fingerprint density at radius 3 is 1.39 bits per heavy atom. The predicted molar refractivity (Wildman–Crippen MR) is 404 cm³/mol. The van der Waals surface area contributed by atoms with Gasteiger partial charge in [0.2, 0.25) is 0 Å². The van der Waals surface area contributed by atoms with Crippen molar-refractivity contribution in [2.45, 2.75) is 181 Å². The van der Waals surface area contributed by atoms with Crippen LogP contribution >= 0.6 is 79.3 Å². The minimum atomic E-state index is -0.126. The van der Waals surface area contributed by atoms with E-state index in [1.54, 1.807) is 0 Å². The van der Waals surface area contributed by atoms with Crippen LogP contribution in [0.3, 0.4) is 0 Å². The molecule has 0 saturated carbocycles. The Labute approximate surface area is 588 Å². The number of benzene rings is 3. The monoisotopic (exact) mass is 1450 g/mol. The first kappa shape index (κ1) is 72.8. The zero-order valence-electron chi connectivity index (χ0n) is 55.9. The molecule has 92 heavy (non-hydrogen) atoms. The van der Waals surface area contributed by atoms with Gasteiger partial charge < -0.3 is 28.7 Å². The first-order chi connectivity index (χ1) is 44.1. The summed E-state index contributed by atoms with van der Waals surface area (Å²) in [6.07, 6.45) is 27.6. The number of aliphatic hydroxyl groups is 2. The second kappa shape index (κ2) is 35.7. The fourth-order valence-electron chi connectivity index (χ4n) is 15.4. The molecule has 3 aromatic carbocycles. The van der Waals surface area contributed by atoms with Gasteiger partial charge in [-0.3, -0.25) is 0 Å². The number of halogens is 2. The molecule has 15 heteroatoms. The summed E-state index contributed by atoms with van der Waals surface area (Å²) in [5.41, 5.74) is 12.8. The third-order valence-corrected chi connectivity index (χ3v) is 25.6. The van der Waals surface area contributed by atoms with Crippen LogP contribution in [0.15, 0.2) is 97.1 Å². The van der Waals surface area contributed by atoms with E-state index in [-0.39, 0.29) is 52.6 Å². The largest absolute Gasteiger partial charge is 0.391 e. The Balaban J connectivity index is 0.00000500. The standard InChI is InChI=1S/C77H105N5O4S4.2BrH/c1-5-7-9-11-12-18-24-60(23-17-10-8-6-2)57-80-78-75-58(3)25-29-65(76(75)79-80)70-35-38-74(90-70)73-37-34-69(89-73)62-28-31-64-63-30-27-61(68-33-36-72(88-68)71-32-26-59(4)87-71)55-66(63)77(67(64)56-62,39-19-13-15-21-41-81(43-49-83)45-51-85-52-46-81)40-20-14-16-22-42-82(44-50-84)47-53-86-54-48-82;;/h25-38,55-56,60,83-84H,5-24,39-54,57H2,1-4H3;2*1H/q+2;;. The Morgan fingerprint density at radius 1 is 0.457 bits per heavy atom. The van der Waals surface area contributed by atoms with E-state index >= 15 is 0 Å². The van der Waals surface area contributed by atoms with Gasteiger partial charge in [0.05, 0.1) is 59.3 Å². The molecule has 7 heterocycles. The SMILES string of the molecule is Br.Br.CCCCCCCCC(CCCCCC)Cn1nc2c(C)ccc(-c3ccc(-c4ccc(-c5ccc6c(c5)C(CCCCCC[N+]5(CCO)CCOCC5)(CCCCCC[N+]5(CCO)CCOCC5)c5cc(-c7ccc(-c8ccc(C)s8)s7)ccc5-6)s4)s3)c2n1. The molecule has 2 N–H and O–H groups in total. The molecule has 0 spiro atoms. The maximum absolute atomic E-state index is 10.1. The highest BCUT2D eigenvalue weighted by Gasteiger charge is 2.43. The number of rotatable bonds is 37. The van der Waals surface area contributed by atoms with Crippen LogP contribution in [0, 0.1) is 19.8 Å². The molecule has 9 nitrogen and oxygen atoms in total. The quantitative estimate of drug-likeness (QED) is 0.0298. The van der Waals surface area contributed by atoms with E-state index in [9.17, 15) is 10.2 Å². The molecule has 1 unspecified atom stereocenters. The van der Waals surface area contributed by atoms with E-state index in [2.05, 4.69) is 130 Å². The number of thiophene rings is 4. The lowest BCUT2D eigenvalue weighted by Gasteiger charge is -2.41. The van der Waals surface area contributed by atoms with Gasteiger partial charge in [-0.15, -0.1) is 79.3 Å². The molecule has 1 aliphatic carbocycles. The summed E-state index contributed by atoms with van der Waals surface area (Å²) in [5.74, 6) is 0.611.